The van der Waals surface area contributed by atoms with Crippen LogP contribution < -0.4 is 10.6 Å². The number of rotatable bonds is 5. The number of imide groups is 1. The standard InChI is InChI=1S/C23H23N3O5/c1-2-13-3-6-15(7-4-13)20(28)24-12-14-5-8-16-17(11-14)23(31)26(22(16)30)18-9-10-19(27)25-21(18)29/h3-8,11,18,21,29H,2,9-10,12H2,1H3,(H,24,28)(H,25,27). The van der Waals surface area contributed by atoms with E-state index in [2.05, 4.69) is 10.6 Å². The van der Waals surface area contributed by atoms with Gasteiger partial charge in [0.05, 0.1) is 17.2 Å². The predicted octanol–water partition coefficient (Wildman–Crippen LogP) is 1.37. The van der Waals surface area contributed by atoms with Gasteiger partial charge < -0.3 is 15.7 Å². The summed E-state index contributed by atoms with van der Waals surface area (Å²) in [5.74, 6) is -1.55. The van der Waals surface area contributed by atoms with Gasteiger partial charge in [0.1, 0.15) is 6.23 Å². The molecule has 0 aromatic heterocycles. The molecule has 2 aromatic carbocycles. The van der Waals surface area contributed by atoms with Gasteiger partial charge in [-0.25, -0.2) is 0 Å². The number of carbonyl (C=O) groups excluding carboxylic acids is 4. The van der Waals surface area contributed by atoms with Crippen LogP contribution in [0.2, 0.25) is 0 Å². The molecule has 2 aliphatic rings. The van der Waals surface area contributed by atoms with Gasteiger partial charge in [-0.2, -0.15) is 0 Å². The van der Waals surface area contributed by atoms with Crippen molar-refractivity contribution in [1.29, 1.82) is 0 Å². The molecule has 2 atom stereocenters. The van der Waals surface area contributed by atoms with E-state index in [0.717, 1.165) is 16.9 Å². The van der Waals surface area contributed by atoms with E-state index in [1.54, 1.807) is 30.3 Å². The summed E-state index contributed by atoms with van der Waals surface area (Å²) < 4.78 is 0. The number of aliphatic hydroxyl groups is 1. The highest BCUT2D eigenvalue weighted by molar-refractivity contribution is 6.21. The second-order valence-electron chi connectivity index (χ2n) is 7.71. The highest BCUT2D eigenvalue weighted by Crippen LogP contribution is 2.29. The van der Waals surface area contributed by atoms with Crippen molar-refractivity contribution in [1.82, 2.24) is 15.5 Å². The Hall–Kier alpha value is -3.52. The van der Waals surface area contributed by atoms with Crippen molar-refractivity contribution in [2.75, 3.05) is 0 Å². The molecule has 4 amide bonds. The number of hydrogen-bond acceptors (Lipinski definition) is 5. The van der Waals surface area contributed by atoms with Crippen molar-refractivity contribution < 1.29 is 24.3 Å². The average molecular weight is 421 g/mol. The van der Waals surface area contributed by atoms with E-state index < -0.39 is 24.1 Å². The van der Waals surface area contributed by atoms with E-state index in [1.165, 1.54) is 0 Å². The highest BCUT2D eigenvalue weighted by Gasteiger charge is 2.44. The minimum atomic E-state index is -1.29. The zero-order chi connectivity index (χ0) is 22.1. The summed E-state index contributed by atoms with van der Waals surface area (Å²) in [6.45, 7) is 2.24. The summed E-state index contributed by atoms with van der Waals surface area (Å²) in [5.41, 5.74) is 2.85. The first kappa shape index (κ1) is 20.7. The number of benzene rings is 2. The molecule has 2 aromatic rings. The summed E-state index contributed by atoms with van der Waals surface area (Å²) in [7, 11) is 0. The van der Waals surface area contributed by atoms with Crippen LogP contribution in [0.3, 0.4) is 0 Å². The molecule has 2 unspecified atom stereocenters. The number of piperidine rings is 1. The second kappa shape index (κ2) is 8.31. The Kier molecular flexibility index (Phi) is 5.56. The van der Waals surface area contributed by atoms with E-state index in [4.69, 9.17) is 0 Å². The first-order chi connectivity index (χ1) is 14.9. The van der Waals surface area contributed by atoms with E-state index in [1.807, 2.05) is 19.1 Å². The normalized spacial score (nSPS) is 20.5. The first-order valence-electron chi connectivity index (χ1n) is 10.2. The van der Waals surface area contributed by atoms with Crippen molar-refractivity contribution in [2.45, 2.75) is 45.0 Å². The topological polar surface area (TPSA) is 116 Å². The van der Waals surface area contributed by atoms with Gasteiger partial charge in [0.25, 0.3) is 17.7 Å². The molecule has 2 aliphatic heterocycles. The lowest BCUT2D eigenvalue weighted by Crippen LogP contribution is -2.57. The Morgan fingerprint density at radius 1 is 1.06 bits per heavy atom. The molecule has 0 saturated carbocycles. The molecule has 0 spiro atoms. The minimum Gasteiger partial charge on any atom is -0.372 e. The smallest absolute Gasteiger partial charge is 0.261 e. The van der Waals surface area contributed by atoms with E-state index in [-0.39, 0.29) is 42.3 Å². The van der Waals surface area contributed by atoms with Gasteiger partial charge in [-0.05, 0) is 48.2 Å². The molecule has 0 aliphatic carbocycles. The number of aliphatic hydroxyl groups excluding tert-OH is 1. The Balaban J connectivity index is 1.46. The molecule has 31 heavy (non-hydrogen) atoms. The number of nitrogens with one attached hydrogen (secondary N) is 2. The quantitative estimate of drug-likeness (QED) is 0.631. The number of amides is 4. The van der Waals surface area contributed by atoms with Gasteiger partial charge in [0, 0.05) is 18.5 Å². The zero-order valence-electron chi connectivity index (χ0n) is 17.1. The molecule has 3 N–H and O–H groups in total. The lowest BCUT2D eigenvalue weighted by molar-refractivity contribution is -0.129. The van der Waals surface area contributed by atoms with Crippen LogP contribution in [0.4, 0.5) is 0 Å². The van der Waals surface area contributed by atoms with E-state index in [0.29, 0.717) is 11.1 Å². The van der Waals surface area contributed by atoms with Gasteiger partial charge in [0.2, 0.25) is 5.91 Å². The van der Waals surface area contributed by atoms with Crippen LogP contribution in [0.5, 0.6) is 0 Å². The largest absolute Gasteiger partial charge is 0.372 e. The number of hydrogen-bond donors (Lipinski definition) is 3. The number of carbonyl (C=O) groups is 4. The van der Waals surface area contributed by atoms with Crippen molar-refractivity contribution in [2.24, 2.45) is 0 Å². The fourth-order valence-corrected chi connectivity index (χ4v) is 3.93. The maximum absolute atomic E-state index is 12.9. The Morgan fingerprint density at radius 2 is 1.74 bits per heavy atom. The van der Waals surface area contributed by atoms with Gasteiger partial charge >= 0.3 is 0 Å². The Bertz CT molecular complexity index is 1060. The summed E-state index contributed by atoms with van der Waals surface area (Å²) in [6, 6.07) is 11.4. The third kappa shape index (κ3) is 3.94. The summed E-state index contributed by atoms with van der Waals surface area (Å²) in [4.78, 5) is 50.5. The third-order valence-electron chi connectivity index (χ3n) is 5.73. The lowest BCUT2D eigenvalue weighted by Gasteiger charge is -2.33. The van der Waals surface area contributed by atoms with Crippen LogP contribution >= 0.6 is 0 Å². The predicted molar refractivity (Wildman–Crippen MR) is 111 cm³/mol. The van der Waals surface area contributed by atoms with E-state index in [9.17, 15) is 24.3 Å². The molecule has 4 rings (SSSR count). The van der Waals surface area contributed by atoms with Crippen LogP contribution in [0.1, 0.15) is 62.0 Å². The van der Waals surface area contributed by atoms with Crippen LogP contribution in [-0.2, 0) is 17.8 Å². The van der Waals surface area contributed by atoms with Gasteiger partial charge in [-0.3, -0.25) is 24.1 Å². The molecule has 2 heterocycles. The highest BCUT2D eigenvalue weighted by atomic mass is 16.3. The van der Waals surface area contributed by atoms with Crippen molar-refractivity contribution >= 4 is 23.6 Å². The fraction of sp³-hybridized carbons (Fsp3) is 0.304. The number of fused-ring (bicyclic) bond motifs is 1. The lowest BCUT2D eigenvalue weighted by atomic mass is 10.0. The molecule has 160 valence electrons. The second-order valence-corrected chi connectivity index (χ2v) is 7.71. The van der Waals surface area contributed by atoms with Gasteiger partial charge in [-0.1, -0.05) is 25.1 Å². The fourth-order valence-electron chi connectivity index (χ4n) is 3.93. The number of nitrogens with zero attached hydrogens (tertiary/aromatic N) is 1. The molecule has 1 fully saturated rings. The minimum absolute atomic E-state index is 0.131. The molecule has 8 nitrogen and oxygen atoms in total. The monoisotopic (exact) mass is 421 g/mol. The zero-order valence-corrected chi connectivity index (χ0v) is 17.1. The third-order valence-corrected chi connectivity index (χ3v) is 5.73. The van der Waals surface area contributed by atoms with Crippen molar-refractivity contribution in [3.63, 3.8) is 0 Å². The summed E-state index contributed by atoms with van der Waals surface area (Å²) in [6.07, 6.45) is -0.0594. The van der Waals surface area contributed by atoms with E-state index >= 15 is 0 Å². The maximum Gasteiger partial charge on any atom is 0.261 e. The first-order valence-corrected chi connectivity index (χ1v) is 10.2. The van der Waals surface area contributed by atoms with Crippen molar-refractivity contribution in [3.05, 3.63) is 70.3 Å². The van der Waals surface area contributed by atoms with Crippen LogP contribution in [0, 0.1) is 0 Å². The molecule has 0 radical (unpaired) electrons. The molecular weight excluding hydrogens is 398 g/mol. The van der Waals surface area contributed by atoms with Crippen LogP contribution in [0.25, 0.3) is 0 Å². The van der Waals surface area contributed by atoms with Gasteiger partial charge in [0.15, 0.2) is 0 Å². The SMILES string of the molecule is CCc1ccc(C(=O)NCc2ccc3c(c2)C(=O)N(C2CCC(=O)NC2O)C3=O)cc1. The Labute approximate surface area is 179 Å². The van der Waals surface area contributed by atoms with Crippen molar-refractivity contribution in [3.8, 4) is 0 Å². The summed E-state index contributed by atoms with van der Waals surface area (Å²) in [5, 5.41) is 15.3. The van der Waals surface area contributed by atoms with Crippen LogP contribution in [-0.4, -0.2) is 45.9 Å². The van der Waals surface area contributed by atoms with Crippen LogP contribution in [0.15, 0.2) is 42.5 Å². The maximum atomic E-state index is 12.9. The van der Waals surface area contributed by atoms with Gasteiger partial charge in [-0.15, -0.1) is 0 Å². The number of aryl methyl sites for hydroxylation is 1. The Morgan fingerprint density at radius 3 is 2.42 bits per heavy atom. The average Bonchev–Trinajstić information content (AvgIpc) is 3.02. The molecule has 1 saturated heterocycles. The summed E-state index contributed by atoms with van der Waals surface area (Å²) >= 11 is 0. The molecular formula is C23H23N3O5. The molecule has 8 heteroatoms. The molecule has 0 bridgehead atoms.